The van der Waals surface area contributed by atoms with E-state index in [4.69, 9.17) is 16.7 Å². The van der Waals surface area contributed by atoms with Crippen LogP contribution in [0.25, 0.3) is 0 Å². The number of aliphatic hydroxyl groups excluding tert-OH is 1. The van der Waals surface area contributed by atoms with Crippen LogP contribution < -0.4 is 16.0 Å². The quantitative estimate of drug-likeness (QED) is 0.460. The molecular formula is C17H18ClN7O2S. The van der Waals surface area contributed by atoms with Crippen LogP contribution in [0.3, 0.4) is 0 Å². The summed E-state index contributed by atoms with van der Waals surface area (Å²) in [6.45, 7) is 3.88. The predicted octanol–water partition coefficient (Wildman–Crippen LogP) is 3.00. The highest BCUT2D eigenvalue weighted by atomic mass is 35.5. The lowest BCUT2D eigenvalue weighted by Crippen LogP contribution is -2.11. The van der Waals surface area contributed by atoms with Gasteiger partial charge in [-0.1, -0.05) is 35.1 Å². The average molecular weight is 420 g/mol. The highest BCUT2D eigenvalue weighted by molar-refractivity contribution is 7.17. The Balaban J connectivity index is 1.72. The van der Waals surface area contributed by atoms with Gasteiger partial charge < -0.3 is 15.7 Å². The Morgan fingerprint density at radius 3 is 2.75 bits per heavy atom. The summed E-state index contributed by atoms with van der Waals surface area (Å²) >= 11 is 7.31. The van der Waals surface area contributed by atoms with E-state index in [0.29, 0.717) is 39.0 Å². The Bertz CT molecular complexity index is 975. The first kappa shape index (κ1) is 19.9. The normalized spacial score (nSPS) is 10.6. The Hall–Kier alpha value is -2.82. The van der Waals surface area contributed by atoms with Crippen LogP contribution in [0.1, 0.15) is 21.1 Å². The third-order valence-electron chi connectivity index (χ3n) is 3.55. The maximum atomic E-state index is 12.5. The van der Waals surface area contributed by atoms with Crippen LogP contribution in [0.15, 0.2) is 24.4 Å². The summed E-state index contributed by atoms with van der Waals surface area (Å²) in [6.07, 6.45) is 1.47. The van der Waals surface area contributed by atoms with Crippen LogP contribution in [-0.4, -0.2) is 44.1 Å². The second-order valence-electron chi connectivity index (χ2n) is 5.72. The number of amides is 1. The SMILES string of the molecule is Cc1nc(NCCO)nc(Nc2ncc(C(=O)Nc3c(C)cccc3Cl)s2)n1. The van der Waals surface area contributed by atoms with Crippen molar-refractivity contribution in [1.82, 2.24) is 19.9 Å². The second-order valence-corrected chi connectivity index (χ2v) is 7.16. The maximum Gasteiger partial charge on any atom is 0.267 e. The molecule has 4 N–H and O–H groups in total. The number of anilines is 4. The van der Waals surface area contributed by atoms with E-state index in [0.717, 1.165) is 16.9 Å². The molecule has 28 heavy (non-hydrogen) atoms. The zero-order chi connectivity index (χ0) is 20.1. The van der Waals surface area contributed by atoms with Crippen molar-refractivity contribution in [3.8, 4) is 0 Å². The van der Waals surface area contributed by atoms with Gasteiger partial charge in [0.15, 0.2) is 5.13 Å². The number of halogens is 1. The van der Waals surface area contributed by atoms with E-state index in [2.05, 4.69) is 35.9 Å². The Morgan fingerprint density at radius 1 is 1.21 bits per heavy atom. The molecule has 0 spiro atoms. The van der Waals surface area contributed by atoms with Crippen molar-refractivity contribution in [2.75, 3.05) is 29.1 Å². The molecule has 11 heteroatoms. The molecule has 1 aromatic carbocycles. The molecule has 0 fully saturated rings. The minimum absolute atomic E-state index is 0.0383. The summed E-state index contributed by atoms with van der Waals surface area (Å²) in [5.74, 6) is 0.824. The monoisotopic (exact) mass is 419 g/mol. The number of benzene rings is 1. The van der Waals surface area contributed by atoms with Gasteiger partial charge in [0, 0.05) is 6.54 Å². The van der Waals surface area contributed by atoms with Crippen molar-refractivity contribution in [1.29, 1.82) is 0 Å². The highest BCUT2D eigenvalue weighted by Crippen LogP contribution is 2.27. The number of rotatable bonds is 7. The molecular weight excluding hydrogens is 402 g/mol. The second kappa shape index (κ2) is 8.91. The lowest BCUT2D eigenvalue weighted by atomic mass is 10.2. The molecule has 0 aliphatic carbocycles. The fourth-order valence-electron chi connectivity index (χ4n) is 2.28. The number of nitrogens with one attached hydrogen (secondary N) is 3. The van der Waals surface area contributed by atoms with E-state index < -0.39 is 0 Å². The molecule has 9 nitrogen and oxygen atoms in total. The van der Waals surface area contributed by atoms with Gasteiger partial charge in [0.25, 0.3) is 5.91 Å². The first-order valence-electron chi connectivity index (χ1n) is 8.33. The number of aliphatic hydroxyl groups is 1. The summed E-state index contributed by atoms with van der Waals surface area (Å²) < 4.78 is 0. The third kappa shape index (κ3) is 4.91. The van der Waals surface area contributed by atoms with Crippen LogP contribution in [0.4, 0.5) is 22.7 Å². The van der Waals surface area contributed by atoms with Crippen LogP contribution in [0, 0.1) is 13.8 Å². The van der Waals surface area contributed by atoms with Gasteiger partial charge in [-0.25, -0.2) is 4.98 Å². The number of hydrogen-bond donors (Lipinski definition) is 4. The zero-order valence-electron chi connectivity index (χ0n) is 15.2. The van der Waals surface area contributed by atoms with Gasteiger partial charge >= 0.3 is 0 Å². The largest absolute Gasteiger partial charge is 0.395 e. The molecule has 0 aliphatic rings. The van der Waals surface area contributed by atoms with Gasteiger partial charge in [0.2, 0.25) is 11.9 Å². The van der Waals surface area contributed by atoms with Crippen LogP contribution in [-0.2, 0) is 0 Å². The Kier molecular flexibility index (Phi) is 6.34. The molecule has 0 aliphatic heterocycles. The lowest BCUT2D eigenvalue weighted by molar-refractivity contribution is 0.103. The Labute approximate surface area is 170 Å². The van der Waals surface area contributed by atoms with Gasteiger partial charge in [-0.2, -0.15) is 15.0 Å². The van der Waals surface area contributed by atoms with Gasteiger partial charge in [-0.05, 0) is 25.5 Å². The minimum atomic E-state index is -0.307. The summed E-state index contributed by atoms with van der Waals surface area (Å²) in [4.78, 5) is 29.6. The van der Waals surface area contributed by atoms with Gasteiger partial charge in [0.1, 0.15) is 10.7 Å². The molecule has 0 unspecified atom stereocenters. The van der Waals surface area contributed by atoms with Crippen LogP contribution in [0.2, 0.25) is 5.02 Å². The maximum absolute atomic E-state index is 12.5. The summed E-state index contributed by atoms with van der Waals surface area (Å²) in [6, 6.07) is 5.41. The van der Waals surface area contributed by atoms with Crippen molar-refractivity contribution in [2.45, 2.75) is 13.8 Å². The zero-order valence-corrected chi connectivity index (χ0v) is 16.7. The standard InChI is InChI=1S/C17H18ClN7O2S/c1-9-4-3-5-11(18)13(9)23-14(27)12-8-20-17(28-12)25-16-22-10(2)21-15(24-16)19-6-7-26/h3-5,8,26H,6-7H2,1-2H3,(H,23,27)(H2,19,20,21,22,24,25). The van der Waals surface area contributed by atoms with E-state index in [1.165, 1.54) is 6.20 Å². The highest BCUT2D eigenvalue weighted by Gasteiger charge is 2.15. The molecule has 3 rings (SSSR count). The molecule has 2 aromatic heterocycles. The molecule has 2 heterocycles. The van der Waals surface area contributed by atoms with Crippen molar-refractivity contribution in [2.24, 2.45) is 0 Å². The number of para-hydroxylation sites is 1. The van der Waals surface area contributed by atoms with Crippen molar-refractivity contribution in [3.63, 3.8) is 0 Å². The molecule has 1 amide bonds. The van der Waals surface area contributed by atoms with E-state index in [1.807, 2.05) is 19.1 Å². The molecule has 0 radical (unpaired) electrons. The molecule has 0 saturated heterocycles. The predicted molar refractivity (Wildman–Crippen MR) is 110 cm³/mol. The molecule has 3 aromatic rings. The number of thiazole rings is 1. The Morgan fingerprint density at radius 2 is 2.00 bits per heavy atom. The van der Waals surface area contributed by atoms with E-state index in [9.17, 15) is 4.79 Å². The fraction of sp³-hybridized carbons (Fsp3) is 0.235. The number of carbonyl (C=O) groups is 1. The van der Waals surface area contributed by atoms with Crippen molar-refractivity contribution >= 4 is 51.6 Å². The molecule has 0 bridgehead atoms. The molecule has 146 valence electrons. The van der Waals surface area contributed by atoms with Crippen LogP contribution >= 0.6 is 22.9 Å². The molecule has 0 saturated carbocycles. The van der Waals surface area contributed by atoms with Gasteiger partial charge in [-0.3, -0.25) is 10.1 Å². The summed E-state index contributed by atoms with van der Waals surface area (Å²) in [7, 11) is 0. The topological polar surface area (TPSA) is 125 Å². The smallest absolute Gasteiger partial charge is 0.267 e. The third-order valence-corrected chi connectivity index (χ3v) is 4.78. The number of aryl methyl sites for hydroxylation is 2. The van der Waals surface area contributed by atoms with Crippen molar-refractivity contribution < 1.29 is 9.90 Å². The van der Waals surface area contributed by atoms with E-state index in [1.54, 1.807) is 13.0 Å². The minimum Gasteiger partial charge on any atom is -0.395 e. The average Bonchev–Trinajstić information content (AvgIpc) is 3.11. The first-order chi connectivity index (χ1) is 13.5. The van der Waals surface area contributed by atoms with Crippen LogP contribution in [0.5, 0.6) is 0 Å². The number of carbonyl (C=O) groups excluding carboxylic acids is 1. The lowest BCUT2D eigenvalue weighted by Gasteiger charge is -2.08. The number of aromatic nitrogens is 4. The summed E-state index contributed by atoms with van der Waals surface area (Å²) in [5, 5.41) is 18.5. The summed E-state index contributed by atoms with van der Waals surface area (Å²) in [5.41, 5.74) is 1.44. The first-order valence-corrected chi connectivity index (χ1v) is 9.52. The fourth-order valence-corrected chi connectivity index (χ4v) is 3.26. The van der Waals surface area contributed by atoms with Gasteiger partial charge in [-0.15, -0.1) is 0 Å². The number of nitrogens with zero attached hydrogens (tertiary/aromatic N) is 4. The van der Waals surface area contributed by atoms with E-state index >= 15 is 0 Å². The molecule has 0 atom stereocenters. The van der Waals surface area contributed by atoms with E-state index in [-0.39, 0.29) is 18.5 Å². The van der Waals surface area contributed by atoms with Crippen molar-refractivity contribution in [3.05, 3.63) is 45.7 Å². The van der Waals surface area contributed by atoms with Gasteiger partial charge in [0.05, 0.1) is 23.5 Å². The number of hydrogen-bond acceptors (Lipinski definition) is 9.